The van der Waals surface area contributed by atoms with Gasteiger partial charge in [0.05, 0.1) is 53.9 Å². The number of fused-ring (bicyclic) bond motifs is 3. The molecule has 4 heterocycles. The van der Waals surface area contributed by atoms with Crippen molar-refractivity contribution in [2.24, 2.45) is 0 Å². The highest BCUT2D eigenvalue weighted by atomic mass is 28.4. The topological polar surface area (TPSA) is 64.6 Å². The Balaban J connectivity index is 1.62. The van der Waals surface area contributed by atoms with E-state index in [1.807, 2.05) is 6.08 Å². The summed E-state index contributed by atoms with van der Waals surface area (Å²) < 4.78 is 51.6. The lowest BCUT2D eigenvalue weighted by atomic mass is 9.81. The second-order valence-corrected chi connectivity index (χ2v) is 39.4. The van der Waals surface area contributed by atoms with Crippen molar-refractivity contribution in [3.63, 3.8) is 0 Å². The van der Waals surface area contributed by atoms with Crippen LogP contribution in [-0.2, 0) is 32.2 Å². The molecular weight excluding hydrogens is 809 g/mol. The van der Waals surface area contributed by atoms with Crippen LogP contribution >= 0.6 is 0 Å². The molecule has 10 heteroatoms. The minimum absolute atomic E-state index is 0.0112. The number of ether oxygens (including phenoxy) is 4. The normalized spacial score (nSPS) is 33.4. The highest BCUT2D eigenvalue weighted by Gasteiger charge is 2.58. The van der Waals surface area contributed by atoms with Crippen LogP contribution in [0.5, 0.6) is 0 Å². The molecule has 4 rings (SSSR count). The van der Waals surface area contributed by atoms with Gasteiger partial charge in [0, 0.05) is 19.4 Å². The van der Waals surface area contributed by atoms with Crippen molar-refractivity contribution < 1.29 is 32.2 Å². The molecule has 4 saturated heterocycles. The predicted molar refractivity (Wildman–Crippen MR) is 264 cm³/mol. The minimum Gasteiger partial charge on any atom is -0.416 e. The van der Waals surface area contributed by atoms with Crippen LogP contribution < -0.4 is 0 Å². The summed E-state index contributed by atoms with van der Waals surface area (Å²) in [5, 5.41) is 0.102. The van der Waals surface area contributed by atoms with Crippen molar-refractivity contribution in [2.45, 2.75) is 293 Å². The van der Waals surface area contributed by atoms with E-state index in [4.69, 9.17) is 32.2 Å². The summed E-state index contributed by atoms with van der Waals surface area (Å²) >= 11 is 0. The predicted octanol–water partition coefficient (Wildman–Crippen LogP) is 14.6. The van der Waals surface area contributed by atoms with Gasteiger partial charge in [0.25, 0.3) is 0 Å². The van der Waals surface area contributed by atoms with Gasteiger partial charge in [-0.2, -0.15) is 0 Å². The molecule has 4 fully saturated rings. The molecule has 0 unspecified atom stereocenters. The van der Waals surface area contributed by atoms with Gasteiger partial charge in [0.1, 0.15) is 6.10 Å². The maximum absolute atomic E-state index is 7.76. The fraction of sp³-hybridized carbons (Fsp3) is 0.922. The Kier molecular flexibility index (Phi) is 18.6. The summed E-state index contributed by atoms with van der Waals surface area (Å²) in [4.78, 5) is 0. The summed E-state index contributed by atoms with van der Waals surface area (Å²) in [6.07, 6.45) is 14.9. The molecule has 10 atom stereocenters. The lowest BCUT2D eigenvalue weighted by molar-refractivity contribution is -0.290. The number of hydrogen-bond acceptors (Lipinski definition) is 7. The van der Waals surface area contributed by atoms with Crippen molar-refractivity contribution in [3.8, 4) is 0 Å². The summed E-state index contributed by atoms with van der Waals surface area (Å²) in [7, 11) is -6.26. The average Bonchev–Trinajstić information content (AvgIpc) is 3.34. The van der Waals surface area contributed by atoms with Gasteiger partial charge < -0.3 is 32.2 Å². The number of allylic oxidation sites excluding steroid dienone is 3. The van der Waals surface area contributed by atoms with E-state index < -0.39 is 36.2 Å². The number of rotatable bonds is 19. The van der Waals surface area contributed by atoms with Crippen molar-refractivity contribution >= 4 is 25.0 Å². The average molecular weight is 908 g/mol. The van der Waals surface area contributed by atoms with Crippen LogP contribution in [0.15, 0.2) is 24.8 Å². The Morgan fingerprint density at radius 2 is 1.28 bits per heavy atom. The Morgan fingerprint density at radius 3 is 1.82 bits per heavy atom. The zero-order valence-electron chi connectivity index (χ0n) is 43.2. The quantitative estimate of drug-likeness (QED) is 0.0727. The van der Waals surface area contributed by atoms with Gasteiger partial charge in [-0.25, -0.2) is 0 Å². The molecule has 0 aromatic carbocycles. The molecule has 4 aliphatic rings. The van der Waals surface area contributed by atoms with Crippen LogP contribution in [-0.4, -0.2) is 91.6 Å². The van der Waals surface area contributed by atoms with Crippen LogP contribution in [0, 0.1) is 0 Å². The van der Waals surface area contributed by atoms with E-state index in [2.05, 4.69) is 150 Å². The maximum atomic E-state index is 7.76. The molecule has 0 radical (unpaired) electrons. The molecule has 0 aromatic rings. The summed E-state index contributed by atoms with van der Waals surface area (Å²) in [5.74, 6) is 0. The van der Waals surface area contributed by atoms with Crippen LogP contribution in [0.4, 0.5) is 0 Å². The molecule has 4 aliphatic heterocycles. The van der Waals surface area contributed by atoms with Gasteiger partial charge >= 0.3 is 0 Å². The molecular formula is C51H98O7Si3. The first-order valence-electron chi connectivity index (χ1n) is 25.1. The van der Waals surface area contributed by atoms with Gasteiger partial charge in [-0.05, 0) is 117 Å². The molecule has 0 amide bonds. The molecule has 7 nitrogen and oxygen atoms in total. The first-order chi connectivity index (χ1) is 28.2. The molecule has 0 spiro atoms. The fourth-order valence-corrected chi connectivity index (χ4v) is 25.4. The molecule has 0 aliphatic carbocycles. The van der Waals surface area contributed by atoms with E-state index in [-0.39, 0.29) is 53.9 Å². The second kappa shape index (κ2) is 21.2. The van der Waals surface area contributed by atoms with E-state index in [0.29, 0.717) is 33.2 Å². The molecule has 356 valence electrons. The van der Waals surface area contributed by atoms with E-state index in [1.54, 1.807) is 0 Å². The zero-order chi connectivity index (χ0) is 45.9. The molecule has 0 N–H and O–H groups in total. The van der Waals surface area contributed by atoms with Gasteiger partial charge in [-0.1, -0.05) is 129 Å². The lowest BCUT2D eigenvalue weighted by Gasteiger charge is -2.55. The summed E-state index contributed by atoms with van der Waals surface area (Å²) in [6.45, 7) is 49.8. The zero-order valence-corrected chi connectivity index (χ0v) is 46.2. The van der Waals surface area contributed by atoms with E-state index in [0.717, 1.165) is 70.8 Å². The van der Waals surface area contributed by atoms with Crippen molar-refractivity contribution in [1.29, 1.82) is 0 Å². The Labute approximate surface area is 380 Å². The van der Waals surface area contributed by atoms with Crippen LogP contribution in [0.25, 0.3) is 0 Å². The lowest BCUT2D eigenvalue weighted by Crippen LogP contribution is -2.65. The van der Waals surface area contributed by atoms with Crippen LogP contribution in [0.2, 0.25) is 51.4 Å². The van der Waals surface area contributed by atoms with Gasteiger partial charge in [0.15, 0.2) is 16.6 Å². The van der Waals surface area contributed by atoms with Crippen molar-refractivity contribution in [1.82, 2.24) is 0 Å². The van der Waals surface area contributed by atoms with E-state index in [1.165, 1.54) is 0 Å². The first kappa shape index (κ1) is 53.5. The first-order valence-corrected chi connectivity index (χ1v) is 32.3. The highest BCUT2D eigenvalue weighted by Crippen LogP contribution is 2.51. The van der Waals surface area contributed by atoms with Gasteiger partial charge in [0.2, 0.25) is 8.32 Å². The minimum atomic E-state index is -2.22. The van der Waals surface area contributed by atoms with Crippen molar-refractivity contribution in [3.05, 3.63) is 24.8 Å². The molecule has 61 heavy (non-hydrogen) atoms. The monoisotopic (exact) mass is 907 g/mol. The summed E-state index contributed by atoms with van der Waals surface area (Å²) in [5.41, 5.74) is 2.35. The molecule has 0 bridgehead atoms. The molecule has 0 aromatic heterocycles. The van der Waals surface area contributed by atoms with Crippen LogP contribution in [0.1, 0.15) is 182 Å². The van der Waals surface area contributed by atoms with Gasteiger partial charge in [-0.15, -0.1) is 0 Å². The third-order valence-corrected chi connectivity index (χ3v) is 33.5. The van der Waals surface area contributed by atoms with E-state index >= 15 is 0 Å². The summed E-state index contributed by atoms with van der Waals surface area (Å²) in [6, 6.07) is 0. The second-order valence-electron chi connectivity index (χ2n) is 23.8. The maximum Gasteiger partial charge on any atom is 0.200 e. The van der Waals surface area contributed by atoms with E-state index in [9.17, 15) is 0 Å². The largest absolute Gasteiger partial charge is 0.416 e. The highest BCUT2D eigenvalue weighted by molar-refractivity contribution is 6.78. The molecule has 0 saturated carbocycles. The standard InChI is InChI=1S/C51H98O7Si3/c1-21-22-23-24-27-46-51(18,58-59(19,20)49(14,15)16)31-29-43-42(54-46)28-30-50(17)47(55-43)34-44-48(56-50)45(57-61(38(8)9,39(10)11)40(12)13)33-41(53-44)26-25-32-52-60(35(2)3,36(4)5)37(6)7/h21-23,35-48H,1,24-34H2,2-20H3/b23-22-/t41-,42+,43-,44-,45+,46-,47+,48-,50-,51+/m1/s1. The Hall–Kier alpha value is -0.149. The Bertz CT molecular complexity index is 1360. The smallest absolute Gasteiger partial charge is 0.200 e. The van der Waals surface area contributed by atoms with Gasteiger partial charge in [-0.3, -0.25) is 0 Å². The van der Waals surface area contributed by atoms with Crippen LogP contribution in [0.3, 0.4) is 0 Å². The van der Waals surface area contributed by atoms with Crippen molar-refractivity contribution in [2.75, 3.05) is 6.61 Å². The fourth-order valence-electron chi connectivity index (χ4n) is 12.6. The SMILES string of the molecule is C=C/C=C\CC[C@H]1O[C@H]2CC[C@@]3(C)O[C@H]4[C@@H](O[Si](C(C)C)(C(C)C)C(C)C)C[C@@H](CCCO[Si](C(C)C)(C(C)C)C(C)C)O[C@@H]4C[C@@H]3O[C@@H]2CC[C@]1(C)O[Si](C)(C)C(C)(C)C. The third kappa shape index (κ3) is 11.7. The Morgan fingerprint density at radius 1 is 0.721 bits per heavy atom. The number of hydrogen-bond donors (Lipinski definition) is 0. The third-order valence-electron chi connectivity index (χ3n) is 16.7.